The largest absolute Gasteiger partial charge is 0.496 e. The SMILES string of the molecule is COc1ccc(CNCCc2ccnn2C)cc1Br. The molecule has 2 rings (SSSR count). The fraction of sp³-hybridized carbons (Fsp3) is 0.357. The number of aryl methyl sites for hydroxylation is 1. The Kier molecular flexibility index (Phi) is 4.99. The lowest BCUT2D eigenvalue weighted by molar-refractivity contribution is 0.412. The number of nitrogens with one attached hydrogen (secondary N) is 1. The standard InChI is InChI=1S/C14H18BrN3O/c1-18-12(6-8-17-18)5-7-16-10-11-3-4-14(19-2)13(15)9-11/h3-4,6,8-9,16H,5,7,10H2,1-2H3. The normalized spacial score (nSPS) is 10.7. The molecular formula is C14H18BrN3O. The van der Waals surface area contributed by atoms with Gasteiger partial charge in [0.2, 0.25) is 0 Å². The summed E-state index contributed by atoms with van der Waals surface area (Å²) in [6.45, 7) is 1.78. The van der Waals surface area contributed by atoms with Crippen molar-refractivity contribution in [1.29, 1.82) is 0 Å². The molecule has 0 saturated carbocycles. The topological polar surface area (TPSA) is 39.1 Å². The number of hydrogen-bond acceptors (Lipinski definition) is 3. The second-order valence-electron chi connectivity index (χ2n) is 4.34. The van der Waals surface area contributed by atoms with E-state index in [4.69, 9.17) is 4.74 Å². The first-order chi connectivity index (χ1) is 9.20. The average molecular weight is 324 g/mol. The number of nitrogens with zero attached hydrogens (tertiary/aromatic N) is 2. The van der Waals surface area contributed by atoms with E-state index in [9.17, 15) is 0 Å². The highest BCUT2D eigenvalue weighted by Gasteiger charge is 2.02. The van der Waals surface area contributed by atoms with Gasteiger partial charge in [0.15, 0.2) is 0 Å². The molecule has 2 aromatic rings. The summed E-state index contributed by atoms with van der Waals surface area (Å²) in [7, 11) is 3.64. The van der Waals surface area contributed by atoms with Crippen LogP contribution in [-0.2, 0) is 20.0 Å². The summed E-state index contributed by atoms with van der Waals surface area (Å²) in [6, 6.07) is 8.17. The summed E-state index contributed by atoms with van der Waals surface area (Å²) >= 11 is 3.49. The van der Waals surface area contributed by atoms with E-state index >= 15 is 0 Å². The van der Waals surface area contributed by atoms with Crippen molar-refractivity contribution in [2.75, 3.05) is 13.7 Å². The van der Waals surface area contributed by atoms with Gasteiger partial charge in [0.05, 0.1) is 11.6 Å². The number of rotatable bonds is 6. The predicted octanol–water partition coefficient (Wildman–Crippen LogP) is 2.52. The lowest BCUT2D eigenvalue weighted by Crippen LogP contribution is -2.17. The first-order valence-electron chi connectivity index (χ1n) is 6.20. The molecule has 0 bridgehead atoms. The summed E-state index contributed by atoms with van der Waals surface area (Å²) in [4.78, 5) is 0. The van der Waals surface area contributed by atoms with Gasteiger partial charge in [0.25, 0.3) is 0 Å². The van der Waals surface area contributed by atoms with Crippen LogP contribution in [0.1, 0.15) is 11.3 Å². The van der Waals surface area contributed by atoms with Gasteiger partial charge in [-0.15, -0.1) is 0 Å². The highest BCUT2D eigenvalue weighted by atomic mass is 79.9. The Labute approximate surface area is 121 Å². The number of halogens is 1. The minimum absolute atomic E-state index is 0.848. The molecule has 0 aliphatic carbocycles. The van der Waals surface area contributed by atoms with Crippen LogP contribution in [-0.4, -0.2) is 23.4 Å². The minimum atomic E-state index is 0.848. The Morgan fingerprint density at radius 2 is 2.21 bits per heavy atom. The van der Waals surface area contributed by atoms with E-state index < -0.39 is 0 Å². The lowest BCUT2D eigenvalue weighted by Gasteiger charge is -2.08. The van der Waals surface area contributed by atoms with E-state index in [2.05, 4.69) is 38.5 Å². The van der Waals surface area contributed by atoms with Gasteiger partial charge in [-0.2, -0.15) is 5.10 Å². The van der Waals surface area contributed by atoms with Crippen LogP contribution in [0.4, 0.5) is 0 Å². The number of benzene rings is 1. The molecule has 1 heterocycles. The summed E-state index contributed by atoms with van der Waals surface area (Å²) in [5.74, 6) is 0.860. The van der Waals surface area contributed by atoms with E-state index in [1.807, 2.05) is 30.1 Å². The molecule has 19 heavy (non-hydrogen) atoms. The van der Waals surface area contributed by atoms with Gasteiger partial charge >= 0.3 is 0 Å². The molecule has 0 radical (unpaired) electrons. The molecule has 0 saturated heterocycles. The maximum atomic E-state index is 5.21. The quantitative estimate of drug-likeness (QED) is 0.830. The maximum absolute atomic E-state index is 5.21. The van der Waals surface area contributed by atoms with Crippen molar-refractivity contribution in [1.82, 2.24) is 15.1 Å². The highest BCUT2D eigenvalue weighted by Crippen LogP contribution is 2.25. The Hall–Kier alpha value is -1.33. The van der Waals surface area contributed by atoms with Crippen molar-refractivity contribution < 1.29 is 4.74 Å². The van der Waals surface area contributed by atoms with Crippen molar-refractivity contribution >= 4 is 15.9 Å². The summed E-state index contributed by atoms with van der Waals surface area (Å²) < 4.78 is 8.11. The average Bonchev–Trinajstić information content (AvgIpc) is 2.80. The zero-order valence-electron chi connectivity index (χ0n) is 11.2. The summed E-state index contributed by atoms with van der Waals surface area (Å²) in [6.07, 6.45) is 2.81. The molecule has 0 aliphatic heterocycles. The Morgan fingerprint density at radius 3 is 2.84 bits per heavy atom. The van der Waals surface area contributed by atoms with Gasteiger partial charge in [0.1, 0.15) is 5.75 Å². The van der Waals surface area contributed by atoms with Gasteiger partial charge < -0.3 is 10.1 Å². The van der Waals surface area contributed by atoms with Crippen molar-refractivity contribution in [3.63, 3.8) is 0 Å². The number of ether oxygens (including phenoxy) is 1. The lowest BCUT2D eigenvalue weighted by atomic mass is 10.2. The van der Waals surface area contributed by atoms with Crippen LogP contribution >= 0.6 is 15.9 Å². The fourth-order valence-electron chi connectivity index (χ4n) is 1.92. The van der Waals surface area contributed by atoms with Crippen LogP contribution in [0.2, 0.25) is 0 Å². The van der Waals surface area contributed by atoms with Crippen LogP contribution in [0.3, 0.4) is 0 Å². The molecule has 0 spiro atoms. The number of aromatic nitrogens is 2. The molecule has 5 heteroatoms. The molecule has 0 unspecified atom stereocenters. The third-order valence-corrected chi connectivity index (χ3v) is 3.65. The Morgan fingerprint density at radius 1 is 1.37 bits per heavy atom. The van der Waals surface area contributed by atoms with Crippen molar-refractivity contribution in [2.24, 2.45) is 7.05 Å². The van der Waals surface area contributed by atoms with E-state index in [0.717, 1.165) is 29.7 Å². The van der Waals surface area contributed by atoms with E-state index in [1.165, 1.54) is 11.3 Å². The fourth-order valence-corrected chi connectivity index (χ4v) is 2.50. The summed E-state index contributed by atoms with van der Waals surface area (Å²) in [5.41, 5.74) is 2.47. The van der Waals surface area contributed by atoms with Crippen LogP contribution in [0, 0.1) is 0 Å². The third kappa shape index (κ3) is 3.81. The van der Waals surface area contributed by atoms with Gasteiger partial charge in [-0.05, 0) is 39.7 Å². The highest BCUT2D eigenvalue weighted by molar-refractivity contribution is 9.10. The van der Waals surface area contributed by atoms with Crippen LogP contribution < -0.4 is 10.1 Å². The molecule has 0 atom stereocenters. The molecule has 1 aromatic heterocycles. The second kappa shape index (κ2) is 6.73. The number of methoxy groups -OCH3 is 1. The Bertz CT molecular complexity index is 539. The zero-order valence-corrected chi connectivity index (χ0v) is 12.8. The first kappa shape index (κ1) is 14.1. The predicted molar refractivity (Wildman–Crippen MR) is 79.3 cm³/mol. The monoisotopic (exact) mass is 323 g/mol. The van der Waals surface area contributed by atoms with Gasteiger partial charge in [-0.25, -0.2) is 0 Å². The van der Waals surface area contributed by atoms with Crippen LogP contribution in [0.5, 0.6) is 5.75 Å². The molecule has 1 aromatic carbocycles. The molecule has 1 N–H and O–H groups in total. The molecule has 102 valence electrons. The molecule has 0 aliphatic rings. The van der Waals surface area contributed by atoms with Crippen LogP contribution in [0.25, 0.3) is 0 Å². The smallest absolute Gasteiger partial charge is 0.133 e. The van der Waals surface area contributed by atoms with E-state index in [-0.39, 0.29) is 0 Å². The van der Waals surface area contributed by atoms with E-state index in [0.29, 0.717) is 0 Å². The van der Waals surface area contributed by atoms with Crippen molar-refractivity contribution in [2.45, 2.75) is 13.0 Å². The first-order valence-corrected chi connectivity index (χ1v) is 7.00. The van der Waals surface area contributed by atoms with Crippen molar-refractivity contribution in [3.05, 3.63) is 46.2 Å². The number of hydrogen-bond donors (Lipinski definition) is 1. The van der Waals surface area contributed by atoms with Crippen molar-refractivity contribution in [3.8, 4) is 5.75 Å². The van der Waals surface area contributed by atoms with Crippen LogP contribution in [0.15, 0.2) is 34.9 Å². The Balaban J connectivity index is 1.80. The van der Waals surface area contributed by atoms with Gasteiger partial charge in [0, 0.05) is 38.4 Å². The third-order valence-electron chi connectivity index (χ3n) is 3.03. The van der Waals surface area contributed by atoms with Gasteiger partial charge in [-0.3, -0.25) is 4.68 Å². The maximum Gasteiger partial charge on any atom is 0.133 e. The minimum Gasteiger partial charge on any atom is -0.496 e. The second-order valence-corrected chi connectivity index (χ2v) is 5.20. The van der Waals surface area contributed by atoms with Gasteiger partial charge in [-0.1, -0.05) is 6.07 Å². The zero-order chi connectivity index (χ0) is 13.7. The molecule has 0 amide bonds. The molecule has 4 nitrogen and oxygen atoms in total. The molecular weight excluding hydrogens is 306 g/mol. The summed E-state index contributed by atoms with van der Waals surface area (Å²) in [5, 5.41) is 7.58. The molecule has 0 fully saturated rings. The van der Waals surface area contributed by atoms with E-state index in [1.54, 1.807) is 7.11 Å².